The smallest absolute Gasteiger partial charge is 0.417 e. The van der Waals surface area contributed by atoms with E-state index in [1.165, 1.54) is 19.2 Å². The summed E-state index contributed by atoms with van der Waals surface area (Å²) in [5.74, 6) is 0.0950. The Bertz CT molecular complexity index is 1150. The number of carbonyl (C=O) groups is 1. The van der Waals surface area contributed by atoms with Gasteiger partial charge in [-0.1, -0.05) is 11.6 Å². The summed E-state index contributed by atoms with van der Waals surface area (Å²) < 4.78 is 45.7. The summed E-state index contributed by atoms with van der Waals surface area (Å²) in [6.45, 7) is 1.25. The summed E-state index contributed by atoms with van der Waals surface area (Å²) in [5.41, 5.74) is -1.40. The Hall–Kier alpha value is -2.96. The molecule has 2 aliphatic rings. The molecule has 2 atom stereocenters. The summed E-state index contributed by atoms with van der Waals surface area (Å²) in [7, 11) is 1.45. The van der Waals surface area contributed by atoms with E-state index in [9.17, 15) is 23.1 Å². The van der Waals surface area contributed by atoms with Crippen LogP contribution in [0.25, 0.3) is 0 Å². The quantitative estimate of drug-likeness (QED) is 0.691. The van der Waals surface area contributed by atoms with Crippen molar-refractivity contribution in [1.82, 2.24) is 4.90 Å². The Morgan fingerprint density at radius 1 is 1.29 bits per heavy atom. The van der Waals surface area contributed by atoms with Crippen molar-refractivity contribution < 1.29 is 27.8 Å². The molecule has 0 saturated carbocycles. The van der Waals surface area contributed by atoms with Crippen LogP contribution in [0.3, 0.4) is 0 Å². The summed E-state index contributed by atoms with van der Waals surface area (Å²) >= 11 is 6.00. The number of aliphatic hydroxyl groups excluding tert-OH is 1. The SMILES string of the molecule is COc1cc(Cl)ccc1C(=O)N1CC[C@H]2CN(c3ccc(C#N)c(C(F)(F)F)c3)C[C@@]2(CO)C1. The number of carbonyl (C=O) groups excluding carboxylic acids is 1. The van der Waals surface area contributed by atoms with Gasteiger partial charge in [0, 0.05) is 42.3 Å². The maximum absolute atomic E-state index is 13.5. The van der Waals surface area contributed by atoms with Gasteiger partial charge in [-0.05, 0) is 48.7 Å². The topological polar surface area (TPSA) is 76.8 Å². The minimum absolute atomic E-state index is 0.00126. The number of aliphatic hydroxyl groups is 1. The number of fused-ring (bicyclic) bond motifs is 1. The highest BCUT2D eigenvalue weighted by Crippen LogP contribution is 2.45. The van der Waals surface area contributed by atoms with Crippen molar-refractivity contribution in [1.29, 1.82) is 5.26 Å². The molecule has 0 spiro atoms. The molecule has 0 bridgehead atoms. The lowest BCUT2D eigenvalue weighted by Gasteiger charge is -2.43. The molecule has 6 nitrogen and oxygen atoms in total. The fourth-order valence-electron chi connectivity index (χ4n) is 5.05. The van der Waals surface area contributed by atoms with E-state index in [0.717, 1.165) is 6.07 Å². The van der Waals surface area contributed by atoms with Gasteiger partial charge in [-0.15, -0.1) is 0 Å². The van der Waals surface area contributed by atoms with E-state index in [-0.39, 0.29) is 25.0 Å². The normalized spacial score (nSPS) is 22.3. The van der Waals surface area contributed by atoms with Crippen molar-refractivity contribution in [3.63, 3.8) is 0 Å². The first-order valence-corrected chi connectivity index (χ1v) is 11.1. The van der Waals surface area contributed by atoms with Crippen LogP contribution < -0.4 is 9.64 Å². The number of alkyl halides is 3. The molecular weight excluding hydrogens is 471 g/mol. The van der Waals surface area contributed by atoms with Gasteiger partial charge in [-0.25, -0.2) is 0 Å². The predicted octanol–water partition coefficient (Wildman–Crippen LogP) is 4.20. The first-order valence-electron chi connectivity index (χ1n) is 10.7. The molecule has 2 fully saturated rings. The number of likely N-dealkylation sites (tertiary alicyclic amines) is 1. The number of piperidine rings is 1. The molecule has 1 amide bonds. The number of halogens is 4. The van der Waals surface area contributed by atoms with Gasteiger partial charge in [0.2, 0.25) is 0 Å². The van der Waals surface area contributed by atoms with E-state index in [1.807, 2.05) is 0 Å². The van der Waals surface area contributed by atoms with Crippen molar-refractivity contribution in [3.8, 4) is 11.8 Å². The number of methoxy groups -OCH3 is 1. The Kier molecular flexibility index (Phi) is 6.40. The van der Waals surface area contributed by atoms with E-state index in [1.54, 1.807) is 34.1 Å². The third-order valence-electron chi connectivity index (χ3n) is 6.86. The summed E-state index contributed by atoms with van der Waals surface area (Å²) in [4.78, 5) is 16.7. The van der Waals surface area contributed by atoms with Crippen molar-refractivity contribution in [2.45, 2.75) is 12.6 Å². The Morgan fingerprint density at radius 3 is 2.71 bits per heavy atom. The van der Waals surface area contributed by atoms with Crippen LogP contribution in [0.4, 0.5) is 18.9 Å². The molecule has 2 saturated heterocycles. The third-order valence-corrected chi connectivity index (χ3v) is 7.09. The van der Waals surface area contributed by atoms with E-state index in [0.29, 0.717) is 48.1 Å². The molecule has 4 rings (SSSR count). The highest BCUT2D eigenvalue weighted by Gasteiger charge is 2.50. The molecule has 180 valence electrons. The van der Waals surface area contributed by atoms with Crippen LogP contribution in [-0.2, 0) is 6.18 Å². The zero-order chi connectivity index (χ0) is 24.7. The van der Waals surface area contributed by atoms with E-state index in [4.69, 9.17) is 21.6 Å². The number of anilines is 1. The zero-order valence-corrected chi connectivity index (χ0v) is 19.2. The number of hydrogen-bond donors (Lipinski definition) is 1. The number of amides is 1. The first-order chi connectivity index (χ1) is 16.1. The van der Waals surface area contributed by atoms with Crippen LogP contribution in [0.5, 0.6) is 5.75 Å². The molecule has 0 radical (unpaired) electrons. The lowest BCUT2D eigenvalue weighted by atomic mass is 9.74. The average Bonchev–Trinajstić information content (AvgIpc) is 3.22. The zero-order valence-electron chi connectivity index (χ0n) is 18.4. The highest BCUT2D eigenvalue weighted by atomic mass is 35.5. The van der Waals surface area contributed by atoms with E-state index in [2.05, 4.69) is 0 Å². The average molecular weight is 494 g/mol. The van der Waals surface area contributed by atoms with Crippen LogP contribution in [-0.4, -0.2) is 55.8 Å². The molecule has 34 heavy (non-hydrogen) atoms. The number of benzene rings is 2. The van der Waals surface area contributed by atoms with Crippen LogP contribution in [0.15, 0.2) is 36.4 Å². The maximum Gasteiger partial charge on any atom is 0.417 e. The van der Waals surface area contributed by atoms with Crippen LogP contribution in [0, 0.1) is 22.7 Å². The van der Waals surface area contributed by atoms with Crippen molar-refractivity contribution in [3.05, 3.63) is 58.1 Å². The fourth-order valence-corrected chi connectivity index (χ4v) is 5.22. The number of nitriles is 1. The van der Waals surface area contributed by atoms with Gasteiger partial charge < -0.3 is 19.6 Å². The van der Waals surface area contributed by atoms with Gasteiger partial charge in [-0.3, -0.25) is 4.79 Å². The van der Waals surface area contributed by atoms with Gasteiger partial charge >= 0.3 is 6.18 Å². The molecule has 1 N–H and O–H groups in total. The first kappa shape index (κ1) is 24.2. The van der Waals surface area contributed by atoms with E-state index < -0.39 is 22.7 Å². The van der Waals surface area contributed by atoms with Gasteiger partial charge in [0.05, 0.1) is 36.5 Å². The summed E-state index contributed by atoms with van der Waals surface area (Å²) in [5, 5.41) is 19.9. The molecule has 2 aromatic rings. The van der Waals surface area contributed by atoms with E-state index >= 15 is 0 Å². The molecule has 2 heterocycles. The number of rotatable bonds is 4. The molecule has 0 aliphatic carbocycles. The van der Waals surface area contributed by atoms with Crippen LogP contribution >= 0.6 is 11.6 Å². The van der Waals surface area contributed by atoms with Gasteiger partial charge in [0.1, 0.15) is 5.75 Å². The molecule has 0 unspecified atom stereocenters. The Labute approximate surface area is 200 Å². The Balaban J connectivity index is 1.59. The molecule has 10 heteroatoms. The van der Waals surface area contributed by atoms with Crippen LogP contribution in [0.2, 0.25) is 5.02 Å². The minimum atomic E-state index is -4.65. The summed E-state index contributed by atoms with van der Waals surface area (Å²) in [6.07, 6.45) is -4.05. The molecule has 2 aromatic carbocycles. The Morgan fingerprint density at radius 2 is 2.06 bits per heavy atom. The van der Waals surface area contributed by atoms with Crippen molar-refractivity contribution >= 4 is 23.2 Å². The lowest BCUT2D eigenvalue weighted by Crippen LogP contribution is -2.52. The lowest BCUT2D eigenvalue weighted by molar-refractivity contribution is -0.137. The largest absolute Gasteiger partial charge is 0.496 e. The summed E-state index contributed by atoms with van der Waals surface area (Å²) in [6, 6.07) is 10.0. The van der Waals surface area contributed by atoms with Gasteiger partial charge in [0.25, 0.3) is 5.91 Å². The minimum Gasteiger partial charge on any atom is -0.496 e. The third kappa shape index (κ3) is 4.28. The second-order valence-corrected chi connectivity index (χ2v) is 9.23. The second-order valence-electron chi connectivity index (χ2n) is 8.80. The van der Waals surface area contributed by atoms with Crippen molar-refractivity contribution in [2.75, 3.05) is 44.8 Å². The standard InChI is InChI=1S/C24H23ClF3N3O3/c1-34-21-8-17(25)3-5-19(21)22(33)30-7-6-16-11-31(13-23(16,12-30)14-32)18-4-2-15(10-29)20(9-18)24(26,27)28/h2-5,8-9,16,32H,6-7,11-14H2,1H3/t16-,23+/m0/s1. The van der Waals surface area contributed by atoms with Gasteiger partial charge in [0.15, 0.2) is 0 Å². The molecule has 0 aromatic heterocycles. The number of hydrogen-bond acceptors (Lipinski definition) is 5. The number of nitrogens with zero attached hydrogens (tertiary/aromatic N) is 3. The maximum atomic E-state index is 13.5. The monoisotopic (exact) mass is 493 g/mol. The highest BCUT2D eigenvalue weighted by molar-refractivity contribution is 6.30. The number of ether oxygens (including phenoxy) is 1. The van der Waals surface area contributed by atoms with Crippen molar-refractivity contribution in [2.24, 2.45) is 11.3 Å². The fraction of sp³-hybridized carbons (Fsp3) is 0.417. The molecule has 2 aliphatic heterocycles. The predicted molar refractivity (Wildman–Crippen MR) is 120 cm³/mol. The van der Waals surface area contributed by atoms with Gasteiger partial charge in [-0.2, -0.15) is 18.4 Å². The second kappa shape index (κ2) is 9.01. The molecular formula is C24H23ClF3N3O3. The van der Waals surface area contributed by atoms with Crippen LogP contribution in [0.1, 0.15) is 27.9 Å².